The van der Waals surface area contributed by atoms with Crippen LogP contribution in [-0.2, 0) is 0 Å². The molecule has 0 aliphatic carbocycles. The molecule has 6 heteroatoms. The molecule has 0 bridgehead atoms. The Morgan fingerprint density at radius 2 is 1.78 bits per heavy atom. The van der Waals surface area contributed by atoms with Gasteiger partial charge in [-0.1, -0.05) is 12.1 Å². The fourth-order valence-corrected chi connectivity index (χ4v) is 4.05. The number of nitrogens with zero attached hydrogens (tertiary/aromatic N) is 2. The van der Waals surface area contributed by atoms with Crippen molar-refractivity contribution in [3.8, 4) is 16.9 Å². The van der Waals surface area contributed by atoms with Gasteiger partial charge < -0.3 is 10.1 Å². The van der Waals surface area contributed by atoms with E-state index in [0.717, 1.165) is 43.5 Å². The SMILES string of the molecule is CCOc1ccc(Nc2ncnc3sc(C)c(-c4ccc(F)cc4)c23)cc1. The maximum absolute atomic E-state index is 13.4. The van der Waals surface area contributed by atoms with Crippen LogP contribution in [0, 0.1) is 12.7 Å². The van der Waals surface area contributed by atoms with Gasteiger partial charge in [0, 0.05) is 16.1 Å². The van der Waals surface area contributed by atoms with Crippen LogP contribution in [0.15, 0.2) is 54.9 Å². The molecule has 4 rings (SSSR count). The Labute approximate surface area is 160 Å². The van der Waals surface area contributed by atoms with Crippen LogP contribution >= 0.6 is 11.3 Å². The molecular weight excluding hydrogens is 361 g/mol. The van der Waals surface area contributed by atoms with Gasteiger partial charge in [-0.25, -0.2) is 14.4 Å². The first kappa shape index (κ1) is 17.4. The van der Waals surface area contributed by atoms with Crippen LogP contribution in [0.1, 0.15) is 11.8 Å². The molecule has 136 valence electrons. The molecule has 1 N–H and O–H groups in total. The molecule has 2 heterocycles. The van der Waals surface area contributed by atoms with Crippen molar-refractivity contribution in [3.63, 3.8) is 0 Å². The Kier molecular flexibility index (Phi) is 4.73. The summed E-state index contributed by atoms with van der Waals surface area (Å²) in [6.07, 6.45) is 1.56. The summed E-state index contributed by atoms with van der Waals surface area (Å²) in [5.41, 5.74) is 2.89. The second-order valence-corrected chi connectivity index (χ2v) is 7.23. The van der Waals surface area contributed by atoms with E-state index in [4.69, 9.17) is 4.74 Å². The predicted octanol–water partition coefficient (Wildman–Crippen LogP) is 5.95. The van der Waals surface area contributed by atoms with Gasteiger partial charge in [0.15, 0.2) is 0 Å². The highest BCUT2D eigenvalue weighted by Gasteiger charge is 2.17. The van der Waals surface area contributed by atoms with E-state index < -0.39 is 0 Å². The highest BCUT2D eigenvalue weighted by molar-refractivity contribution is 7.19. The third kappa shape index (κ3) is 3.48. The molecule has 0 atom stereocenters. The highest BCUT2D eigenvalue weighted by Crippen LogP contribution is 2.41. The molecule has 0 spiro atoms. The van der Waals surface area contributed by atoms with Gasteiger partial charge in [-0.05, 0) is 55.8 Å². The molecule has 27 heavy (non-hydrogen) atoms. The maximum Gasteiger partial charge on any atom is 0.143 e. The molecule has 4 nitrogen and oxygen atoms in total. The lowest BCUT2D eigenvalue weighted by Crippen LogP contribution is -1.96. The third-order valence-corrected chi connectivity index (χ3v) is 5.24. The molecule has 0 amide bonds. The van der Waals surface area contributed by atoms with E-state index in [2.05, 4.69) is 15.3 Å². The molecule has 0 fully saturated rings. The number of aryl methyl sites for hydroxylation is 1. The van der Waals surface area contributed by atoms with Gasteiger partial charge in [0.2, 0.25) is 0 Å². The summed E-state index contributed by atoms with van der Waals surface area (Å²) in [6.45, 7) is 4.64. The summed E-state index contributed by atoms with van der Waals surface area (Å²) in [6, 6.07) is 14.3. The van der Waals surface area contributed by atoms with Crippen molar-refractivity contribution in [2.24, 2.45) is 0 Å². The number of ether oxygens (including phenoxy) is 1. The lowest BCUT2D eigenvalue weighted by atomic mass is 10.0. The molecule has 0 aliphatic rings. The monoisotopic (exact) mass is 379 g/mol. The van der Waals surface area contributed by atoms with Gasteiger partial charge in [0.1, 0.15) is 28.5 Å². The summed E-state index contributed by atoms with van der Waals surface area (Å²) < 4.78 is 18.8. The van der Waals surface area contributed by atoms with Crippen LogP contribution in [0.5, 0.6) is 5.75 Å². The summed E-state index contributed by atoms with van der Waals surface area (Å²) in [5.74, 6) is 1.31. The van der Waals surface area contributed by atoms with Gasteiger partial charge in [-0.3, -0.25) is 0 Å². The number of aromatic nitrogens is 2. The number of hydrogen-bond donors (Lipinski definition) is 1. The van der Waals surface area contributed by atoms with Crippen molar-refractivity contribution in [1.29, 1.82) is 0 Å². The number of halogens is 1. The Bertz CT molecular complexity index is 1080. The number of rotatable bonds is 5. The van der Waals surface area contributed by atoms with Gasteiger partial charge in [0.05, 0.1) is 12.0 Å². The Morgan fingerprint density at radius 3 is 2.48 bits per heavy atom. The molecule has 2 aromatic heterocycles. The van der Waals surface area contributed by atoms with E-state index in [0.29, 0.717) is 6.61 Å². The number of hydrogen-bond acceptors (Lipinski definition) is 5. The van der Waals surface area contributed by atoms with Crippen LogP contribution in [-0.4, -0.2) is 16.6 Å². The van der Waals surface area contributed by atoms with Gasteiger partial charge in [-0.2, -0.15) is 0 Å². The van der Waals surface area contributed by atoms with Crippen molar-refractivity contribution in [1.82, 2.24) is 9.97 Å². The first-order chi connectivity index (χ1) is 13.2. The molecular formula is C21H18FN3OS. The van der Waals surface area contributed by atoms with Crippen LogP contribution in [0.25, 0.3) is 21.3 Å². The zero-order valence-electron chi connectivity index (χ0n) is 15.0. The van der Waals surface area contributed by atoms with Gasteiger partial charge in [-0.15, -0.1) is 11.3 Å². The average Bonchev–Trinajstić information content (AvgIpc) is 3.01. The lowest BCUT2D eigenvalue weighted by Gasteiger charge is -2.10. The summed E-state index contributed by atoms with van der Waals surface area (Å²) in [5, 5.41) is 4.32. The largest absolute Gasteiger partial charge is 0.494 e. The van der Waals surface area contributed by atoms with Crippen molar-refractivity contribution >= 4 is 33.1 Å². The van der Waals surface area contributed by atoms with Crippen molar-refractivity contribution in [3.05, 3.63) is 65.6 Å². The Balaban J connectivity index is 1.78. The summed E-state index contributed by atoms with van der Waals surface area (Å²) in [4.78, 5) is 10.9. The van der Waals surface area contributed by atoms with Gasteiger partial charge >= 0.3 is 0 Å². The minimum Gasteiger partial charge on any atom is -0.494 e. The molecule has 0 radical (unpaired) electrons. The normalized spacial score (nSPS) is 10.9. The molecule has 0 aliphatic heterocycles. The Morgan fingerprint density at radius 1 is 1.04 bits per heavy atom. The fraction of sp³-hybridized carbons (Fsp3) is 0.143. The first-order valence-electron chi connectivity index (χ1n) is 8.65. The second-order valence-electron chi connectivity index (χ2n) is 6.02. The van der Waals surface area contributed by atoms with E-state index in [9.17, 15) is 4.39 Å². The first-order valence-corrected chi connectivity index (χ1v) is 9.47. The number of anilines is 2. The van der Waals surface area contributed by atoms with Crippen LogP contribution in [0.3, 0.4) is 0 Å². The van der Waals surface area contributed by atoms with Crippen molar-refractivity contribution in [2.75, 3.05) is 11.9 Å². The highest BCUT2D eigenvalue weighted by atomic mass is 32.1. The van der Waals surface area contributed by atoms with Gasteiger partial charge in [0.25, 0.3) is 0 Å². The predicted molar refractivity (Wildman–Crippen MR) is 108 cm³/mol. The summed E-state index contributed by atoms with van der Waals surface area (Å²) in [7, 11) is 0. The number of benzene rings is 2. The molecule has 4 aromatic rings. The van der Waals surface area contributed by atoms with E-state index in [1.54, 1.807) is 29.8 Å². The zero-order chi connectivity index (χ0) is 18.8. The zero-order valence-corrected chi connectivity index (χ0v) is 15.8. The van der Waals surface area contributed by atoms with Crippen molar-refractivity contribution in [2.45, 2.75) is 13.8 Å². The fourth-order valence-electron chi connectivity index (χ4n) is 3.04. The van der Waals surface area contributed by atoms with Crippen LogP contribution in [0.2, 0.25) is 0 Å². The minimum absolute atomic E-state index is 0.250. The minimum atomic E-state index is -0.250. The van der Waals surface area contributed by atoms with Crippen LogP contribution < -0.4 is 10.1 Å². The third-order valence-electron chi connectivity index (χ3n) is 4.23. The van der Waals surface area contributed by atoms with E-state index >= 15 is 0 Å². The van der Waals surface area contributed by atoms with E-state index in [1.165, 1.54) is 12.1 Å². The average molecular weight is 379 g/mol. The van der Waals surface area contributed by atoms with E-state index in [1.807, 2.05) is 38.1 Å². The molecule has 0 saturated heterocycles. The second kappa shape index (κ2) is 7.32. The number of fused-ring (bicyclic) bond motifs is 1. The molecule has 0 unspecified atom stereocenters. The number of nitrogens with one attached hydrogen (secondary N) is 1. The van der Waals surface area contributed by atoms with E-state index in [-0.39, 0.29) is 5.82 Å². The standard InChI is InChI=1S/C21H18FN3OS/c1-3-26-17-10-8-16(9-11-17)25-20-19-18(14-4-6-15(22)7-5-14)13(2)27-21(19)24-12-23-20/h4-12H,3H2,1-2H3,(H,23,24,25). The Hall–Kier alpha value is -2.99. The summed E-state index contributed by atoms with van der Waals surface area (Å²) >= 11 is 1.61. The van der Waals surface area contributed by atoms with Crippen molar-refractivity contribution < 1.29 is 9.13 Å². The smallest absolute Gasteiger partial charge is 0.143 e. The van der Waals surface area contributed by atoms with Crippen LogP contribution in [0.4, 0.5) is 15.9 Å². The quantitative estimate of drug-likeness (QED) is 0.465. The number of thiophene rings is 1. The topological polar surface area (TPSA) is 47.0 Å². The maximum atomic E-state index is 13.4. The molecule has 2 aromatic carbocycles. The lowest BCUT2D eigenvalue weighted by molar-refractivity contribution is 0.340. The molecule has 0 saturated carbocycles.